The van der Waals surface area contributed by atoms with Crippen molar-refractivity contribution < 1.29 is 14.3 Å². The number of rotatable bonds is 6. The molecule has 0 atom stereocenters. The van der Waals surface area contributed by atoms with Crippen LogP contribution in [0.25, 0.3) is 0 Å². The Morgan fingerprint density at radius 2 is 1.88 bits per heavy atom. The first-order valence-corrected chi connectivity index (χ1v) is 9.00. The molecule has 0 aliphatic heterocycles. The highest BCUT2D eigenvalue weighted by molar-refractivity contribution is 7.98. The second kappa shape index (κ2) is 8.97. The molecular weight excluding hydrogens is 369 g/mol. The van der Waals surface area contributed by atoms with Gasteiger partial charge in [0, 0.05) is 4.90 Å². The maximum Gasteiger partial charge on any atom is 0.310 e. The number of nitrogens with one attached hydrogen (secondary N) is 1. The fourth-order valence-electron chi connectivity index (χ4n) is 1.95. The molecule has 4 nitrogen and oxygen atoms in total. The molecule has 0 spiro atoms. The molecule has 0 aliphatic carbocycles. The summed E-state index contributed by atoms with van der Waals surface area (Å²) in [4.78, 5) is 24.6. The Morgan fingerprint density at radius 1 is 1.12 bits per heavy atom. The average Bonchev–Trinajstić information content (AvgIpc) is 2.57. The van der Waals surface area contributed by atoms with Crippen molar-refractivity contribution >= 4 is 52.5 Å². The standard InChI is InChI=1S/C17H15Cl2NO3S/c1-24-15-5-3-2-4-14(15)20-16(21)10-23-17(22)9-11-6-7-12(18)13(19)8-11/h2-8H,9-10H2,1H3,(H,20,21). The molecule has 24 heavy (non-hydrogen) atoms. The predicted molar refractivity (Wildman–Crippen MR) is 98.0 cm³/mol. The van der Waals surface area contributed by atoms with Crippen LogP contribution >= 0.6 is 35.0 Å². The van der Waals surface area contributed by atoms with Gasteiger partial charge < -0.3 is 10.1 Å². The number of ether oxygens (including phenoxy) is 1. The van der Waals surface area contributed by atoms with Crippen LogP contribution < -0.4 is 5.32 Å². The number of halogens is 2. The van der Waals surface area contributed by atoms with E-state index in [1.807, 2.05) is 24.5 Å². The van der Waals surface area contributed by atoms with E-state index in [-0.39, 0.29) is 18.9 Å². The van der Waals surface area contributed by atoms with Gasteiger partial charge in [0.2, 0.25) is 0 Å². The number of benzene rings is 2. The first-order valence-electron chi connectivity index (χ1n) is 7.02. The van der Waals surface area contributed by atoms with E-state index < -0.39 is 5.97 Å². The van der Waals surface area contributed by atoms with Crippen LogP contribution in [0, 0.1) is 0 Å². The largest absolute Gasteiger partial charge is 0.455 e. The van der Waals surface area contributed by atoms with Gasteiger partial charge in [-0.25, -0.2) is 0 Å². The smallest absolute Gasteiger partial charge is 0.310 e. The van der Waals surface area contributed by atoms with Crippen molar-refractivity contribution in [2.45, 2.75) is 11.3 Å². The highest BCUT2D eigenvalue weighted by Gasteiger charge is 2.11. The molecule has 0 aliphatic rings. The SMILES string of the molecule is CSc1ccccc1NC(=O)COC(=O)Cc1ccc(Cl)c(Cl)c1. The van der Waals surface area contributed by atoms with E-state index in [1.165, 1.54) is 11.8 Å². The fourth-order valence-corrected chi connectivity index (χ4v) is 2.82. The van der Waals surface area contributed by atoms with Crippen LogP contribution in [0.15, 0.2) is 47.4 Å². The van der Waals surface area contributed by atoms with E-state index in [1.54, 1.807) is 24.3 Å². The van der Waals surface area contributed by atoms with Crippen LogP contribution in [0.2, 0.25) is 10.0 Å². The van der Waals surface area contributed by atoms with Crippen molar-refractivity contribution in [1.82, 2.24) is 0 Å². The number of carbonyl (C=O) groups excluding carboxylic acids is 2. The molecule has 0 saturated heterocycles. The lowest BCUT2D eigenvalue weighted by molar-refractivity contribution is -0.146. The third kappa shape index (κ3) is 5.44. The van der Waals surface area contributed by atoms with Crippen LogP contribution in [0.3, 0.4) is 0 Å². The van der Waals surface area contributed by atoms with Gasteiger partial charge in [-0.3, -0.25) is 9.59 Å². The molecule has 0 radical (unpaired) electrons. The number of hydrogen-bond acceptors (Lipinski definition) is 4. The molecule has 126 valence electrons. The number of anilines is 1. The number of carbonyl (C=O) groups is 2. The zero-order valence-corrected chi connectivity index (χ0v) is 15.2. The molecule has 0 fully saturated rings. The van der Waals surface area contributed by atoms with Gasteiger partial charge in [-0.05, 0) is 36.1 Å². The van der Waals surface area contributed by atoms with Crippen molar-refractivity contribution in [1.29, 1.82) is 0 Å². The van der Waals surface area contributed by atoms with Crippen molar-refractivity contribution in [2.24, 2.45) is 0 Å². The molecule has 0 bridgehead atoms. The van der Waals surface area contributed by atoms with E-state index in [0.29, 0.717) is 21.3 Å². The molecule has 7 heteroatoms. The summed E-state index contributed by atoms with van der Waals surface area (Å²) in [6.45, 7) is -0.344. The summed E-state index contributed by atoms with van der Waals surface area (Å²) in [6.07, 6.45) is 1.94. The molecule has 0 heterocycles. The van der Waals surface area contributed by atoms with Crippen molar-refractivity contribution in [3.63, 3.8) is 0 Å². The van der Waals surface area contributed by atoms with Gasteiger partial charge in [0.1, 0.15) is 0 Å². The van der Waals surface area contributed by atoms with E-state index in [2.05, 4.69) is 5.32 Å². The van der Waals surface area contributed by atoms with E-state index >= 15 is 0 Å². The predicted octanol–water partition coefficient (Wildman–Crippen LogP) is 4.44. The van der Waals surface area contributed by atoms with Gasteiger partial charge in [-0.2, -0.15) is 0 Å². The molecule has 0 saturated carbocycles. The second-order valence-electron chi connectivity index (χ2n) is 4.83. The normalized spacial score (nSPS) is 10.3. The van der Waals surface area contributed by atoms with Gasteiger partial charge in [-0.15, -0.1) is 11.8 Å². The minimum absolute atomic E-state index is 0.0194. The summed E-state index contributed by atoms with van der Waals surface area (Å²) in [5.74, 6) is -0.902. The Labute approximate surface area is 154 Å². The first-order chi connectivity index (χ1) is 11.5. The fraction of sp³-hybridized carbons (Fsp3) is 0.176. The van der Waals surface area contributed by atoms with Gasteiger partial charge in [0.15, 0.2) is 6.61 Å². The highest BCUT2D eigenvalue weighted by atomic mass is 35.5. The Morgan fingerprint density at radius 3 is 2.58 bits per heavy atom. The highest BCUT2D eigenvalue weighted by Crippen LogP contribution is 2.24. The lowest BCUT2D eigenvalue weighted by Gasteiger charge is -2.09. The zero-order chi connectivity index (χ0) is 17.5. The maximum absolute atomic E-state index is 11.9. The minimum Gasteiger partial charge on any atom is -0.455 e. The first kappa shape index (κ1) is 18.6. The third-order valence-electron chi connectivity index (χ3n) is 3.08. The van der Waals surface area contributed by atoms with Gasteiger partial charge in [0.05, 0.1) is 22.2 Å². The van der Waals surface area contributed by atoms with Crippen LogP contribution in [0.1, 0.15) is 5.56 Å². The summed E-state index contributed by atoms with van der Waals surface area (Å²) in [7, 11) is 0. The van der Waals surface area contributed by atoms with Crippen molar-refractivity contribution in [2.75, 3.05) is 18.2 Å². The second-order valence-corrected chi connectivity index (χ2v) is 6.50. The summed E-state index contributed by atoms with van der Waals surface area (Å²) in [5.41, 5.74) is 1.36. The summed E-state index contributed by atoms with van der Waals surface area (Å²) in [6, 6.07) is 12.3. The third-order valence-corrected chi connectivity index (χ3v) is 4.61. The van der Waals surface area contributed by atoms with E-state index in [9.17, 15) is 9.59 Å². The van der Waals surface area contributed by atoms with E-state index in [4.69, 9.17) is 27.9 Å². The van der Waals surface area contributed by atoms with Gasteiger partial charge in [0.25, 0.3) is 5.91 Å². The summed E-state index contributed by atoms with van der Waals surface area (Å²) < 4.78 is 4.99. The number of esters is 1. The Kier molecular flexibility index (Phi) is 6.97. The Bertz CT molecular complexity index is 752. The van der Waals surface area contributed by atoms with Crippen molar-refractivity contribution in [3.05, 3.63) is 58.1 Å². The summed E-state index contributed by atoms with van der Waals surface area (Å²) >= 11 is 13.2. The minimum atomic E-state index is -0.512. The van der Waals surface area contributed by atoms with Crippen molar-refractivity contribution in [3.8, 4) is 0 Å². The molecule has 2 aromatic carbocycles. The topological polar surface area (TPSA) is 55.4 Å². The van der Waals surface area contributed by atoms with Crippen LogP contribution in [-0.2, 0) is 20.7 Å². The molecule has 2 aromatic rings. The maximum atomic E-state index is 11.9. The quantitative estimate of drug-likeness (QED) is 0.591. The Balaban J connectivity index is 1.84. The molecule has 1 N–H and O–H groups in total. The number of amides is 1. The Hall–Kier alpha value is -1.69. The van der Waals surface area contributed by atoms with Gasteiger partial charge >= 0.3 is 5.97 Å². The molecule has 0 unspecified atom stereocenters. The molecule has 0 aromatic heterocycles. The molecule has 2 rings (SSSR count). The van der Waals surface area contributed by atoms with Crippen LogP contribution in [-0.4, -0.2) is 24.7 Å². The van der Waals surface area contributed by atoms with Crippen LogP contribution in [0.4, 0.5) is 5.69 Å². The number of hydrogen-bond donors (Lipinski definition) is 1. The molecular formula is C17H15Cl2NO3S. The number of thioether (sulfide) groups is 1. The lowest BCUT2D eigenvalue weighted by Crippen LogP contribution is -2.21. The summed E-state index contributed by atoms with van der Waals surface area (Å²) in [5, 5.41) is 3.51. The van der Waals surface area contributed by atoms with Gasteiger partial charge in [-0.1, -0.05) is 41.4 Å². The monoisotopic (exact) mass is 383 g/mol. The number of para-hydroxylation sites is 1. The lowest BCUT2D eigenvalue weighted by atomic mass is 10.1. The van der Waals surface area contributed by atoms with Crippen LogP contribution in [0.5, 0.6) is 0 Å². The zero-order valence-electron chi connectivity index (χ0n) is 12.8. The average molecular weight is 384 g/mol. The van der Waals surface area contributed by atoms with E-state index in [0.717, 1.165) is 4.90 Å². The molecule has 1 amide bonds.